The molecule has 0 saturated heterocycles. The molecule has 0 N–H and O–H groups in total. The molecule has 13 heavy (non-hydrogen) atoms. The van der Waals surface area contributed by atoms with Gasteiger partial charge in [-0.2, -0.15) is 0 Å². The Morgan fingerprint density at radius 3 is 3.15 bits per heavy atom. The van der Waals surface area contributed by atoms with Crippen molar-refractivity contribution in [2.24, 2.45) is 11.8 Å². The summed E-state index contributed by atoms with van der Waals surface area (Å²) in [5.41, 5.74) is 2.54. The van der Waals surface area contributed by atoms with Crippen molar-refractivity contribution in [3.05, 3.63) is 60.8 Å². The van der Waals surface area contributed by atoms with Gasteiger partial charge in [-0.3, -0.25) is 0 Å². The molecule has 0 nitrogen and oxygen atoms in total. The maximum absolute atomic E-state index is 4.06. The fourth-order valence-electron chi connectivity index (χ4n) is 1.84. The molecule has 2 aliphatic carbocycles. The molecule has 0 aliphatic heterocycles. The Labute approximate surface area is 79.7 Å². The fourth-order valence-corrected chi connectivity index (χ4v) is 1.84. The summed E-state index contributed by atoms with van der Waals surface area (Å²) in [6.45, 7) is 7.70. The molecule has 1 saturated carbocycles. The zero-order chi connectivity index (χ0) is 9.26. The predicted molar refractivity (Wildman–Crippen MR) is 57.3 cm³/mol. The van der Waals surface area contributed by atoms with Crippen molar-refractivity contribution in [3.8, 4) is 0 Å². The molecule has 0 amide bonds. The number of allylic oxidation sites excluding steroid dienone is 8. The molecule has 0 aromatic carbocycles. The molecule has 2 atom stereocenters. The van der Waals surface area contributed by atoms with E-state index in [2.05, 4.69) is 31.4 Å². The lowest BCUT2D eigenvalue weighted by atomic mass is 9.97. The van der Waals surface area contributed by atoms with E-state index >= 15 is 0 Å². The summed E-state index contributed by atoms with van der Waals surface area (Å²) in [6, 6.07) is 0. The third-order valence-corrected chi connectivity index (χ3v) is 2.68. The second-order valence-electron chi connectivity index (χ2n) is 3.63. The summed E-state index contributed by atoms with van der Waals surface area (Å²) in [6.07, 6.45) is 13.7. The van der Waals surface area contributed by atoms with Gasteiger partial charge in [0.2, 0.25) is 0 Å². The smallest absolute Gasteiger partial charge is 0.00871 e. The van der Waals surface area contributed by atoms with Crippen molar-refractivity contribution in [1.29, 1.82) is 0 Å². The highest BCUT2D eigenvalue weighted by Gasteiger charge is 2.39. The van der Waals surface area contributed by atoms with Crippen LogP contribution in [0, 0.1) is 11.8 Å². The summed E-state index contributed by atoms with van der Waals surface area (Å²) in [5, 5.41) is 0. The van der Waals surface area contributed by atoms with E-state index in [1.54, 1.807) is 6.08 Å². The van der Waals surface area contributed by atoms with Gasteiger partial charge in [-0.1, -0.05) is 49.6 Å². The van der Waals surface area contributed by atoms with Gasteiger partial charge in [0.15, 0.2) is 0 Å². The maximum atomic E-state index is 4.06. The van der Waals surface area contributed by atoms with Crippen LogP contribution in [0.4, 0.5) is 0 Å². The minimum atomic E-state index is 0.756. The highest BCUT2D eigenvalue weighted by Crippen LogP contribution is 2.49. The van der Waals surface area contributed by atoms with Crippen LogP contribution >= 0.6 is 0 Å². The van der Waals surface area contributed by atoms with E-state index in [9.17, 15) is 0 Å². The average molecular weight is 170 g/mol. The second-order valence-corrected chi connectivity index (χ2v) is 3.63. The Hall–Kier alpha value is -1.30. The molecule has 2 rings (SSSR count). The first-order valence-electron chi connectivity index (χ1n) is 4.69. The highest BCUT2D eigenvalue weighted by molar-refractivity contribution is 5.47. The summed E-state index contributed by atoms with van der Waals surface area (Å²) in [4.78, 5) is 0. The van der Waals surface area contributed by atoms with Gasteiger partial charge in [-0.15, -0.1) is 0 Å². The van der Waals surface area contributed by atoms with Crippen molar-refractivity contribution < 1.29 is 0 Å². The van der Waals surface area contributed by atoms with Crippen molar-refractivity contribution in [2.45, 2.75) is 6.42 Å². The molecule has 2 unspecified atom stereocenters. The molecule has 0 bridgehead atoms. The molecule has 0 aromatic heterocycles. The van der Waals surface area contributed by atoms with Crippen LogP contribution in [0.15, 0.2) is 60.8 Å². The van der Waals surface area contributed by atoms with Gasteiger partial charge in [-0.25, -0.2) is 0 Å². The van der Waals surface area contributed by atoms with E-state index < -0.39 is 0 Å². The Morgan fingerprint density at radius 2 is 2.38 bits per heavy atom. The molecule has 66 valence electrons. The maximum Gasteiger partial charge on any atom is -0.00871 e. The number of rotatable bonds is 3. The first-order chi connectivity index (χ1) is 6.33. The molecule has 2 aliphatic rings. The normalized spacial score (nSPS) is 29.7. The molecule has 1 fully saturated rings. The van der Waals surface area contributed by atoms with Crippen molar-refractivity contribution in [1.82, 2.24) is 0 Å². The van der Waals surface area contributed by atoms with E-state index in [0.717, 1.165) is 17.4 Å². The third kappa shape index (κ3) is 1.57. The lowest BCUT2D eigenvalue weighted by Crippen LogP contribution is -1.93. The number of fused-ring (bicyclic) bond motifs is 1. The van der Waals surface area contributed by atoms with Crippen LogP contribution in [0.2, 0.25) is 0 Å². The quantitative estimate of drug-likeness (QED) is 0.569. The number of hydrogen-bond acceptors (Lipinski definition) is 0. The van der Waals surface area contributed by atoms with E-state index in [-0.39, 0.29) is 0 Å². The summed E-state index contributed by atoms with van der Waals surface area (Å²) in [7, 11) is 0. The first-order valence-corrected chi connectivity index (χ1v) is 4.69. The van der Waals surface area contributed by atoms with Crippen LogP contribution in [0.1, 0.15) is 6.42 Å². The molecular weight excluding hydrogens is 156 g/mol. The largest absolute Gasteiger partial charge is 0.0991 e. The van der Waals surface area contributed by atoms with Gasteiger partial charge in [0.25, 0.3) is 0 Å². The Balaban J connectivity index is 2.12. The Kier molecular flexibility index (Phi) is 2.05. The SMILES string of the molecule is C=C/C=C\C(=C)C1=CC=CC2CC12. The molecule has 0 heteroatoms. The van der Waals surface area contributed by atoms with Crippen molar-refractivity contribution in [3.63, 3.8) is 0 Å². The van der Waals surface area contributed by atoms with Gasteiger partial charge in [0.05, 0.1) is 0 Å². The van der Waals surface area contributed by atoms with Gasteiger partial charge in [0, 0.05) is 0 Å². The van der Waals surface area contributed by atoms with E-state index in [1.165, 1.54) is 12.0 Å². The molecular formula is C13H14. The minimum Gasteiger partial charge on any atom is -0.0991 e. The van der Waals surface area contributed by atoms with Crippen molar-refractivity contribution >= 4 is 0 Å². The standard InChI is InChI=1S/C13H14/c1-3-4-6-10(2)12-8-5-7-11-9-13(11)12/h3-8,11,13H,1-2,9H2/b6-4-. The van der Waals surface area contributed by atoms with Gasteiger partial charge >= 0.3 is 0 Å². The monoisotopic (exact) mass is 170 g/mol. The van der Waals surface area contributed by atoms with Crippen molar-refractivity contribution in [2.75, 3.05) is 0 Å². The fraction of sp³-hybridized carbons (Fsp3) is 0.231. The minimum absolute atomic E-state index is 0.756. The Bertz CT molecular complexity index is 326. The average Bonchev–Trinajstić information content (AvgIpc) is 2.92. The molecule has 0 radical (unpaired) electrons. The molecule has 0 heterocycles. The van der Waals surface area contributed by atoms with Crippen LogP contribution < -0.4 is 0 Å². The second kappa shape index (κ2) is 3.21. The van der Waals surface area contributed by atoms with Crippen LogP contribution in [-0.2, 0) is 0 Å². The summed E-state index contributed by atoms with van der Waals surface area (Å²) >= 11 is 0. The zero-order valence-corrected chi connectivity index (χ0v) is 7.74. The predicted octanol–water partition coefficient (Wildman–Crippen LogP) is 3.42. The van der Waals surface area contributed by atoms with Gasteiger partial charge in [0.1, 0.15) is 0 Å². The summed E-state index contributed by atoms with van der Waals surface area (Å²) in [5.74, 6) is 1.56. The van der Waals surface area contributed by atoms with Crippen LogP contribution in [0.5, 0.6) is 0 Å². The van der Waals surface area contributed by atoms with Gasteiger partial charge < -0.3 is 0 Å². The van der Waals surface area contributed by atoms with Crippen LogP contribution in [0.25, 0.3) is 0 Å². The van der Waals surface area contributed by atoms with Crippen LogP contribution in [0.3, 0.4) is 0 Å². The topological polar surface area (TPSA) is 0 Å². The van der Waals surface area contributed by atoms with Crippen LogP contribution in [-0.4, -0.2) is 0 Å². The molecule has 0 aromatic rings. The van der Waals surface area contributed by atoms with E-state index in [0.29, 0.717) is 0 Å². The highest BCUT2D eigenvalue weighted by atomic mass is 14.4. The van der Waals surface area contributed by atoms with Gasteiger partial charge in [-0.05, 0) is 29.4 Å². The zero-order valence-electron chi connectivity index (χ0n) is 7.74. The van der Waals surface area contributed by atoms with E-state index in [4.69, 9.17) is 0 Å². The third-order valence-electron chi connectivity index (χ3n) is 2.68. The summed E-state index contributed by atoms with van der Waals surface area (Å²) < 4.78 is 0. The lowest BCUT2D eigenvalue weighted by Gasteiger charge is -2.07. The first kappa shape index (κ1) is 8.31. The number of hydrogen-bond donors (Lipinski definition) is 0. The Morgan fingerprint density at radius 1 is 1.54 bits per heavy atom. The molecule has 0 spiro atoms. The lowest BCUT2D eigenvalue weighted by molar-refractivity contribution is 0.927. The van der Waals surface area contributed by atoms with E-state index in [1.807, 2.05) is 12.2 Å².